The van der Waals surface area contributed by atoms with Crippen LogP contribution in [0.25, 0.3) is 0 Å². The fourth-order valence-corrected chi connectivity index (χ4v) is 2.61. The average Bonchev–Trinajstić information content (AvgIpc) is 2.29. The van der Waals surface area contributed by atoms with E-state index in [4.69, 9.17) is 33.7 Å². The molecule has 1 amide bonds. The first kappa shape index (κ1) is 18.0. The summed E-state index contributed by atoms with van der Waals surface area (Å²) in [5.74, 6) is -0.158. The predicted octanol–water partition coefficient (Wildman–Crippen LogP) is 3.26. The van der Waals surface area contributed by atoms with Crippen LogP contribution in [0.5, 0.6) is 0 Å². The molecule has 0 aliphatic rings. The molecule has 0 saturated heterocycles. The van der Waals surface area contributed by atoms with Gasteiger partial charge in [0.05, 0.1) is 0 Å². The van der Waals surface area contributed by atoms with Crippen molar-refractivity contribution < 1.29 is 9.53 Å². The Morgan fingerprint density at radius 1 is 1.48 bits per heavy atom. The lowest BCUT2D eigenvalue weighted by Crippen LogP contribution is -2.36. The number of amides is 1. The first-order valence-electron chi connectivity index (χ1n) is 6.63. The van der Waals surface area contributed by atoms with Gasteiger partial charge in [0.2, 0.25) is 0 Å². The topological polar surface area (TPSA) is 77.2 Å². The molecule has 1 rings (SSSR count). The van der Waals surface area contributed by atoms with Crippen LogP contribution in [0.3, 0.4) is 0 Å². The summed E-state index contributed by atoms with van der Waals surface area (Å²) in [5, 5.41) is 3.33. The molecule has 0 aliphatic heterocycles. The predicted molar refractivity (Wildman–Crippen MR) is 85.0 cm³/mol. The molecule has 5 nitrogen and oxygen atoms in total. The van der Waals surface area contributed by atoms with E-state index in [1.807, 2.05) is 6.92 Å². The van der Waals surface area contributed by atoms with Crippen LogP contribution in [0.2, 0.25) is 10.3 Å². The number of rotatable bonds is 4. The summed E-state index contributed by atoms with van der Waals surface area (Å²) < 4.78 is 5.19. The molecule has 0 fully saturated rings. The quantitative estimate of drug-likeness (QED) is 0.829. The lowest BCUT2D eigenvalue weighted by atomic mass is 9.97. The number of carbonyl (C=O) groups is 1. The van der Waals surface area contributed by atoms with E-state index in [1.54, 1.807) is 26.8 Å². The summed E-state index contributed by atoms with van der Waals surface area (Å²) >= 11 is 12.0. The van der Waals surface area contributed by atoms with Gasteiger partial charge in [-0.25, -0.2) is 9.78 Å². The Balaban J connectivity index is 2.79. The highest BCUT2D eigenvalue weighted by Gasteiger charge is 2.21. The number of nitrogens with zero attached hydrogens (tertiary/aromatic N) is 1. The fraction of sp³-hybridized carbons (Fsp3) is 0.571. The number of nitrogens with two attached hydrogens (primary N) is 1. The lowest BCUT2D eigenvalue weighted by molar-refractivity contribution is 0.0525. The van der Waals surface area contributed by atoms with Crippen molar-refractivity contribution in [2.75, 3.05) is 13.1 Å². The van der Waals surface area contributed by atoms with Gasteiger partial charge in [-0.1, -0.05) is 23.2 Å². The van der Waals surface area contributed by atoms with Crippen LogP contribution in [0, 0.1) is 6.92 Å². The molecule has 7 heteroatoms. The first-order chi connectivity index (χ1) is 9.64. The van der Waals surface area contributed by atoms with Crippen LogP contribution in [-0.4, -0.2) is 29.8 Å². The van der Waals surface area contributed by atoms with Crippen molar-refractivity contribution in [1.82, 2.24) is 10.3 Å². The van der Waals surface area contributed by atoms with Crippen LogP contribution in [0.4, 0.5) is 4.79 Å². The lowest BCUT2D eigenvalue weighted by Gasteiger charge is -2.22. The van der Waals surface area contributed by atoms with E-state index in [0.29, 0.717) is 23.4 Å². The van der Waals surface area contributed by atoms with E-state index in [1.165, 1.54) is 0 Å². The minimum atomic E-state index is -0.544. The summed E-state index contributed by atoms with van der Waals surface area (Å²) in [5.41, 5.74) is 6.92. The molecule has 0 saturated carbocycles. The van der Waals surface area contributed by atoms with Crippen molar-refractivity contribution in [3.05, 3.63) is 27.5 Å². The van der Waals surface area contributed by atoms with E-state index in [9.17, 15) is 4.79 Å². The molecule has 21 heavy (non-hydrogen) atoms. The van der Waals surface area contributed by atoms with Gasteiger partial charge in [-0.2, -0.15) is 0 Å². The minimum Gasteiger partial charge on any atom is -0.444 e. The SMILES string of the molecule is Cc1cc(Cl)nc(Cl)c1C(CN)CNC(=O)OC(C)(C)C. The standard InChI is InChI=1S/C14H21Cl2N3O2/c1-8-5-10(15)19-12(16)11(8)9(6-17)7-18-13(20)21-14(2,3)4/h5,9H,6-7,17H2,1-4H3,(H,18,20). The van der Waals surface area contributed by atoms with Gasteiger partial charge in [0.15, 0.2) is 0 Å². The van der Waals surface area contributed by atoms with Crippen molar-refractivity contribution in [2.45, 2.75) is 39.2 Å². The molecule has 0 spiro atoms. The first-order valence-corrected chi connectivity index (χ1v) is 7.39. The van der Waals surface area contributed by atoms with Crippen LogP contribution in [0.1, 0.15) is 37.8 Å². The Morgan fingerprint density at radius 3 is 2.57 bits per heavy atom. The second-order valence-electron chi connectivity index (χ2n) is 5.78. The number of alkyl carbamates (subject to hydrolysis) is 1. The van der Waals surface area contributed by atoms with E-state index >= 15 is 0 Å². The molecule has 0 bridgehead atoms. The van der Waals surface area contributed by atoms with Crippen LogP contribution < -0.4 is 11.1 Å². The number of aryl methyl sites for hydroxylation is 1. The number of nitrogens with one attached hydrogen (secondary N) is 1. The van der Waals surface area contributed by atoms with Crippen molar-refractivity contribution in [2.24, 2.45) is 5.73 Å². The van der Waals surface area contributed by atoms with Gasteiger partial charge in [0.25, 0.3) is 0 Å². The second-order valence-corrected chi connectivity index (χ2v) is 6.53. The number of carbonyl (C=O) groups excluding carboxylic acids is 1. The zero-order valence-corrected chi connectivity index (χ0v) is 14.2. The van der Waals surface area contributed by atoms with Gasteiger partial charge >= 0.3 is 6.09 Å². The van der Waals surface area contributed by atoms with Gasteiger partial charge in [-0.05, 0) is 44.9 Å². The molecule has 1 aromatic rings. The summed E-state index contributed by atoms with van der Waals surface area (Å²) in [7, 11) is 0. The second kappa shape index (κ2) is 7.29. The molecular weight excluding hydrogens is 313 g/mol. The highest BCUT2D eigenvalue weighted by atomic mass is 35.5. The highest BCUT2D eigenvalue weighted by molar-refractivity contribution is 6.33. The summed E-state index contributed by atoms with van der Waals surface area (Å²) in [6, 6.07) is 1.72. The molecule has 3 N–H and O–H groups in total. The zero-order chi connectivity index (χ0) is 16.2. The van der Waals surface area contributed by atoms with Crippen LogP contribution >= 0.6 is 23.2 Å². The molecular formula is C14H21Cl2N3O2. The largest absolute Gasteiger partial charge is 0.444 e. The summed E-state index contributed by atoms with van der Waals surface area (Å²) in [4.78, 5) is 15.7. The van der Waals surface area contributed by atoms with Crippen molar-refractivity contribution in [1.29, 1.82) is 0 Å². The third kappa shape index (κ3) is 5.69. The molecule has 1 atom stereocenters. The summed E-state index contributed by atoms with van der Waals surface area (Å²) in [6.45, 7) is 7.92. The Morgan fingerprint density at radius 2 is 2.10 bits per heavy atom. The maximum Gasteiger partial charge on any atom is 0.407 e. The van der Waals surface area contributed by atoms with Gasteiger partial charge in [-0.15, -0.1) is 0 Å². The van der Waals surface area contributed by atoms with Crippen LogP contribution in [-0.2, 0) is 4.74 Å². The number of hydrogen-bond acceptors (Lipinski definition) is 4. The number of halogens is 2. The van der Waals surface area contributed by atoms with E-state index < -0.39 is 11.7 Å². The smallest absolute Gasteiger partial charge is 0.407 e. The molecule has 1 unspecified atom stereocenters. The number of aromatic nitrogens is 1. The molecule has 1 heterocycles. The summed E-state index contributed by atoms with van der Waals surface area (Å²) in [6.07, 6.45) is -0.489. The molecule has 0 aliphatic carbocycles. The molecule has 1 aromatic heterocycles. The maximum absolute atomic E-state index is 11.7. The molecule has 0 aromatic carbocycles. The minimum absolute atomic E-state index is 0.158. The molecule has 0 radical (unpaired) electrons. The zero-order valence-electron chi connectivity index (χ0n) is 12.7. The number of ether oxygens (including phenoxy) is 1. The average molecular weight is 334 g/mol. The highest BCUT2D eigenvalue weighted by Crippen LogP contribution is 2.28. The van der Waals surface area contributed by atoms with Crippen molar-refractivity contribution >= 4 is 29.3 Å². The van der Waals surface area contributed by atoms with E-state index in [-0.39, 0.29) is 5.92 Å². The number of hydrogen-bond donors (Lipinski definition) is 2. The molecule has 118 valence electrons. The van der Waals surface area contributed by atoms with Crippen molar-refractivity contribution in [3.63, 3.8) is 0 Å². The third-order valence-corrected chi connectivity index (χ3v) is 3.25. The Labute approximate surface area is 135 Å². The monoisotopic (exact) mass is 333 g/mol. The normalized spacial score (nSPS) is 12.9. The van der Waals surface area contributed by atoms with Gasteiger partial charge in [-0.3, -0.25) is 0 Å². The Bertz CT molecular complexity index is 492. The fourth-order valence-electron chi connectivity index (χ4n) is 1.92. The maximum atomic E-state index is 11.7. The number of pyridine rings is 1. The van der Waals surface area contributed by atoms with Gasteiger partial charge in [0, 0.05) is 19.0 Å². The van der Waals surface area contributed by atoms with E-state index in [0.717, 1.165) is 11.1 Å². The van der Waals surface area contributed by atoms with Gasteiger partial charge < -0.3 is 15.8 Å². The third-order valence-electron chi connectivity index (χ3n) is 2.77. The van der Waals surface area contributed by atoms with Gasteiger partial charge in [0.1, 0.15) is 15.9 Å². The van der Waals surface area contributed by atoms with E-state index in [2.05, 4.69) is 10.3 Å². The Kier molecular flexibility index (Phi) is 6.25. The van der Waals surface area contributed by atoms with Crippen molar-refractivity contribution in [3.8, 4) is 0 Å². The van der Waals surface area contributed by atoms with Crippen LogP contribution in [0.15, 0.2) is 6.07 Å². The Hall–Kier alpha value is -1.04.